The molecule has 1 fully saturated rings. The number of hydrogen-bond donors (Lipinski definition) is 1. The Morgan fingerprint density at radius 3 is 2.45 bits per heavy atom. The average molecular weight is 310 g/mol. The molecule has 1 aromatic carbocycles. The van der Waals surface area contributed by atoms with Crippen LogP contribution >= 0.6 is 11.6 Å². The third kappa shape index (κ3) is 2.69. The first-order chi connectivity index (χ1) is 9.28. The second kappa shape index (κ2) is 5.14. The van der Waals surface area contributed by atoms with E-state index in [1.165, 1.54) is 25.3 Å². The minimum Gasteiger partial charge on any atom is -0.495 e. The van der Waals surface area contributed by atoms with E-state index < -0.39 is 17.7 Å². The molecule has 1 aromatic rings. The Balaban J connectivity index is 2.27. The standard InChI is InChI=1S/C12H11ClF3NO3/c1-19-9-3-2-7(4-8(9)13)11(5-17-6-11)20-10(18)12(14,15)16/h2-4,17H,5-6H2,1H3. The van der Waals surface area contributed by atoms with Gasteiger partial charge >= 0.3 is 12.1 Å². The van der Waals surface area contributed by atoms with E-state index in [9.17, 15) is 18.0 Å². The molecule has 1 aliphatic rings. The fourth-order valence-corrected chi connectivity index (χ4v) is 2.13. The zero-order valence-corrected chi connectivity index (χ0v) is 11.1. The second-order valence-electron chi connectivity index (χ2n) is 4.33. The molecule has 0 amide bonds. The first-order valence-corrected chi connectivity index (χ1v) is 6.01. The summed E-state index contributed by atoms with van der Waals surface area (Å²) in [7, 11) is 1.42. The minimum absolute atomic E-state index is 0.0947. The number of benzene rings is 1. The molecular formula is C12H11ClF3NO3. The molecule has 0 spiro atoms. The van der Waals surface area contributed by atoms with Crippen LogP contribution in [0.5, 0.6) is 5.75 Å². The summed E-state index contributed by atoms with van der Waals surface area (Å²) >= 11 is 5.93. The van der Waals surface area contributed by atoms with Gasteiger partial charge < -0.3 is 14.8 Å². The van der Waals surface area contributed by atoms with Gasteiger partial charge in [-0.2, -0.15) is 13.2 Å². The van der Waals surface area contributed by atoms with Crippen molar-refractivity contribution in [1.82, 2.24) is 5.32 Å². The Hall–Kier alpha value is -1.47. The third-order valence-electron chi connectivity index (χ3n) is 3.02. The van der Waals surface area contributed by atoms with E-state index in [2.05, 4.69) is 10.1 Å². The molecular weight excluding hydrogens is 299 g/mol. The summed E-state index contributed by atoms with van der Waals surface area (Å²) in [5.41, 5.74) is -0.956. The molecule has 1 saturated heterocycles. The van der Waals surface area contributed by atoms with Gasteiger partial charge in [-0.05, 0) is 17.7 Å². The van der Waals surface area contributed by atoms with Crippen LogP contribution in [-0.2, 0) is 15.1 Å². The van der Waals surface area contributed by atoms with E-state index in [1.54, 1.807) is 0 Å². The van der Waals surface area contributed by atoms with Crippen molar-refractivity contribution in [3.8, 4) is 5.75 Å². The normalized spacial score (nSPS) is 17.2. The van der Waals surface area contributed by atoms with Crippen LogP contribution in [0.4, 0.5) is 13.2 Å². The number of ether oxygens (including phenoxy) is 2. The number of carbonyl (C=O) groups is 1. The van der Waals surface area contributed by atoms with Crippen molar-refractivity contribution >= 4 is 17.6 Å². The lowest BCUT2D eigenvalue weighted by Crippen LogP contribution is -2.60. The van der Waals surface area contributed by atoms with E-state index in [0.29, 0.717) is 11.3 Å². The van der Waals surface area contributed by atoms with Crippen molar-refractivity contribution in [2.24, 2.45) is 0 Å². The highest BCUT2D eigenvalue weighted by Crippen LogP contribution is 2.36. The first kappa shape index (κ1) is 14.9. The zero-order valence-electron chi connectivity index (χ0n) is 10.4. The van der Waals surface area contributed by atoms with Gasteiger partial charge in [-0.1, -0.05) is 17.7 Å². The van der Waals surface area contributed by atoms with Crippen molar-refractivity contribution in [2.75, 3.05) is 20.2 Å². The SMILES string of the molecule is COc1ccc(C2(OC(=O)C(F)(F)F)CNC2)cc1Cl. The van der Waals surface area contributed by atoms with Crippen LogP contribution in [0.2, 0.25) is 5.02 Å². The Kier molecular flexibility index (Phi) is 3.84. The number of carbonyl (C=O) groups excluding carboxylic acids is 1. The molecule has 4 nitrogen and oxygen atoms in total. The fraction of sp³-hybridized carbons (Fsp3) is 0.417. The smallest absolute Gasteiger partial charge is 0.490 e. The van der Waals surface area contributed by atoms with Crippen molar-refractivity contribution in [2.45, 2.75) is 11.8 Å². The van der Waals surface area contributed by atoms with Crippen LogP contribution in [0, 0.1) is 0 Å². The summed E-state index contributed by atoms with van der Waals surface area (Å²) in [5, 5.41) is 3.02. The Morgan fingerprint density at radius 1 is 1.40 bits per heavy atom. The van der Waals surface area contributed by atoms with Gasteiger partial charge in [0.05, 0.1) is 12.1 Å². The monoisotopic (exact) mass is 309 g/mol. The van der Waals surface area contributed by atoms with Crippen LogP contribution in [-0.4, -0.2) is 32.3 Å². The summed E-state index contributed by atoms with van der Waals surface area (Å²) in [6.45, 7) is 0.189. The zero-order chi connectivity index (χ0) is 15.0. The molecule has 20 heavy (non-hydrogen) atoms. The van der Waals surface area contributed by atoms with E-state index >= 15 is 0 Å². The molecule has 0 aromatic heterocycles. The average Bonchev–Trinajstić information content (AvgIpc) is 2.32. The van der Waals surface area contributed by atoms with Gasteiger partial charge in [0, 0.05) is 13.1 Å². The summed E-state index contributed by atoms with van der Waals surface area (Å²) in [4.78, 5) is 11.0. The highest BCUT2D eigenvalue weighted by atomic mass is 35.5. The maximum atomic E-state index is 12.3. The highest BCUT2D eigenvalue weighted by molar-refractivity contribution is 6.32. The van der Waals surface area contributed by atoms with Gasteiger partial charge in [0.2, 0.25) is 0 Å². The van der Waals surface area contributed by atoms with Gasteiger partial charge in [-0.15, -0.1) is 0 Å². The molecule has 1 N–H and O–H groups in total. The molecule has 0 unspecified atom stereocenters. The second-order valence-corrected chi connectivity index (χ2v) is 4.74. The van der Waals surface area contributed by atoms with Crippen molar-refractivity contribution < 1.29 is 27.4 Å². The van der Waals surface area contributed by atoms with Crippen LogP contribution < -0.4 is 10.1 Å². The third-order valence-corrected chi connectivity index (χ3v) is 3.31. The van der Waals surface area contributed by atoms with Crippen LogP contribution in [0.15, 0.2) is 18.2 Å². The number of halogens is 4. The summed E-state index contributed by atoms with van der Waals surface area (Å²) in [6.07, 6.45) is -5.03. The van der Waals surface area contributed by atoms with Gasteiger partial charge in [0.25, 0.3) is 0 Å². The molecule has 0 saturated carbocycles. The number of hydrogen-bond acceptors (Lipinski definition) is 4. The van der Waals surface area contributed by atoms with Gasteiger partial charge in [0.1, 0.15) is 5.75 Å². The largest absolute Gasteiger partial charge is 0.495 e. The minimum atomic E-state index is -5.03. The molecule has 0 radical (unpaired) electrons. The van der Waals surface area contributed by atoms with Gasteiger partial charge in [0.15, 0.2) is 5.60 Å². The van der Waals surface area contributed by atoms with E-state index in [4.69, 9.17) is 16.3 Å². The molecule has 0 atom stereocenters. The summed E-state index contributed by atoms with van der Waals surface area (Å²) < 4.78 is 46.5. The molecule has 2 rings (SSSR count). The number of esters is 1. The molecule has 0 aliphatic carbocycles. The predicted molar refractivity (Wildman–Crippen MR) is 64.7 cm³/mol. The lowest BCUT2D eigenvalue weighted by Gasteiger charge is -2.42. The number of rotatable bonds is 3. The Morgan fingerprint density at radius 2 is 2.05 bits per heavy atom. The number of alkyl halides is 3. The van der Waals surface area contributed by atoms with Gasteiger partial charge in [-0.25, -0.2) is 4.79 Å². The fourth-order valence-electron chi connectivity index (χ4n) is 1.87. The number of nitrogens with one attached hydrogen (secondary N) is 1. The van der Waals surface area contributed by atoms with E-state index in [0.717, 1.165) is 0 Å². The Labute approximate surface area is 117 Å². The topological polar surface area (TPSA) is 47.6 Å². The summed E-state index contributed by atoms with van der Waals surface area (Å²) in [6, 6.07) is 4.47. The molecule has 8 heteroatoms. The van der Waals surface area contributed by atoms with Gasteiger partial charge in [-0.3, -0.25) is 0 Å². The highest BCUT2D eigenvalue weighted by Gasteiger charge is 2.50. The van der Waals surface area contributed by atoms with Crippen molar-refractivity contribution in [1.29, 1.82) is 0 Å². The molecule has 1 aliphatic heterocycles. The maximum absolute atomic E-state index is 12.3. The number of methoxy groups -OCH3 is 1. The molecule has 0 bridgehead atoms. The molecule has 110 valence electrons. The van der Waals surface area contributed by atoms with E-state index in [1.807, 2.05) is 0 Å². The maximum Gasteiger partial charge on any atom is 0.490 e. The van der Waals surface area contributed by atoms with Crippen molar-refractivity contribution in [3.63, 3.8) is 0 Å². The van der Waals surface area contributed by atoms with E-state index in [-0.39, 0.29) is 18.1 Å². The Bertz CT molecular complexity index is 529. The van der Waals surface area contributed by atoms with Crippen LogP contribution in [0.25, 0.3) is 0 Å². The van der Waals surface area contributed by atoms with Crippen LogP contribution in [0.3, 0.4) is 0 Å². The molecule has 1 heterocycles. The quantitative estimate of drug-likeness (QED) is 0.870. The predicted octanol–water partition coefficient (Wildman–Crippen LogP) is 2.25. The summed E-state index contributed by atoms with van der Waals surface area (Å²) in [5.74, 6) is -1.83. The lowest BCUT2D eigenvalue weighted by atomic mass is 9.87. The van der Waals surface area contributed by atoms with Crippen LogP contribution in [0.1, 0.15) is 5.56 Å². The lowest BCUT2D eigenvalue weighted by molar-refractivity contribution is -0.219. The van der Waals surface area contributed by atoms with Crippen molar-refractivity contribution in [3.05, 3.63) is 28.8 Å². The first-order valence-electron chi connectivity index (χ1n) is 5.63.